The summed E-state index contributed by atoms with van der Waals surface area (Å²) in [4.78, 5) is 44.1. The Morgan fingerprint density at radius 1 is 0.769 bits per heavy atom. The van der Waals surface area contributed by atoms with Crippen molar-refractivity contribution >= 4 is 45.0 Å². The fourth-order valence-electron chi connectivity index (χ4n) is 7.71. The fourth-order valence-corrected chi connectivity index (χ4v) is 7.71. The molecule has 0 radical (unpaired) electrons. The molecule has 0 bridgehead atoms. The zero-order valence-corrected chi connectivity index (χ0v) is 30.9. The average molecular weight is 698 g/mol. The summed E-state index contributed by atoms with van der Waals surface area (Å²) in [5, 5.41) is 5.41. The van der Waals surface area contributed by atoms with Gasteiger partial charge in [-0.3, -0.25) is 9.47 Å². The Balaban J connectivity index is 1.19. The van der Waals surface area contributed by atoms with Crippen molar-refractivity contribution < 1.29 is 14.3 Å². The molecule has 2 aliphatic rings. The van der Waals surface area contributed by atoms with Crippen molar-refractivity contribution in [1.29, 1.82) is 0 Å². The molecule has 2 atom stereocenters. The van der Waals surface area contributed by atoms with Gasteiger partial charge in [-0.25, -0.2) is 19.6 Å². The highest BCUT2D eigenvalue weighted by molar-refractivity contribution is 5.89. The van der Waals surface area contributed by atoms with E-state index in [-0.39, 0.29) is 29.7 Å². The first-order valence-corrected chi connectivity index (χ1v) is 18.4. The summed E-state index contributed by atoms with van der Waals surface area (Å²) in [6.45, 7) is 13.0. The second kappa shape index (κ2) is 12.7. The van der Waals surface area contributed by atoms with E-state index in [2.05, 4.69) is 87.7 Å². The molecule has 2 N–H and O–H groups in total. The van der Waals surface area contributed by atoms with E-state index in [1.54, 1.807) is 0 Å². The van der Waals surface area contributed by atoms with E-state index in [0.717, 1.165) is 87.0 Å². The molecule has 3 amide bonds. The maximum atomic E-state index is 13.5. The van der Waals surface area contributed by atoms with Gasteiger partial charge in [0.2, 0.25) is 0 Å². The highest BCUT2D eigenvalue weighted by atomic mass is 16.6. The zero-order chi connectivity index (χ0) is 36.4. The summed E-state index contributed by atoms with van der Waals surface area (Å²) in [6.07, 6.45) is 3.18. The molecule has 10 heteroatoms. The van der Waals surface area contributed by atoms with Gasteiger partial charge in [0.15, 0.2) is 0 Å². The summed E-state index contributed by atoms with van der Waals surface area (Å²) in [7, 11) is 0. The van der Waals surface area contributed by atoms with E-state index in [4.69, 9.17) is 14.7 Å². The van der Waals surface area contributed by atoms with E-state index < -0.39 is 5.60 Å². The van der Waals surface area contributed by atoms with Crippen molar-refractivity contribution in [3.8, 4) is 16.8 Å². The molecular weight excluding hydrogens is 651 g/mol. The number of amides is 3. The first-order chi connectivity index (χ1) is 24.8. The third-order valence-corrected chi connectivity index (χ3v) is 10.00. The molecule has 2 fully saturated rings. The molecule has 4 heterocycles. The monoisotopic (exact) mass is 697 g/mol. The minimum Gasteiger partial charge on any atom is -0.444 e. The Bertz CT molecular complexity index is 2330. The van der Waals surface area contributed by atoms with Crippen LogP contribution in [0.2, 0.25) is 0 Å². The molecule has 0 saturated carbocycles. The van der Waals surface area contributed by atoms with Gasteiger partial charge in [-0.1, -0.05) is 42.5 Å². The minimum atomic E-state index is -0.592. The number of benzene rings is 4. The summed E-state index contributed by atoms with van der Waals surface area (Å²) in [6, 6.07) is 27.1. The van der Waals surface area contributed by atoms with E-state index in [1.807, 2.05) is 57.4 Å². The number of hydrogen-bond donors (Lipinski definition) is 2. The molecule has 2 saturated heterocycles. The number of rotatable bonds is 4. The van der Waals surface area contributed by atoms with Crippen LogP contribution in [0.3, 0.4) is 0 Å². The van der Waals surface area contributed by atoms with Crippen LogP contribution in [-0.2, 0) is 4.74 Å². The second-order valence-electron chi connectivity index (χ2n) is 16.3. The summed E-state index contributed by atoms with van der Waals surface area (Å²) in [5.41, 5.74) is 5.81. The highest BCUT2D eigenvalue weighted by Gasteiger charge is 2.37. The maximum absolute atomic E-state index is 13.5. The van der Waals surface area contributed by atoms with Crippen molar-refractivity contribution in [3.05, 3.63) is 90.5 Å². The van der Waals surface area contributed by atoms with Gasteiger partial charge in [-0.05, 0) is 126 Å². The number of nitrogens with one attached hydrogen (secondary N) is 2. The number of H-pyrrole nitrogens is 1. The maximum Gasteiger partial charge on any atom is 0.410 e. The number of aromatic nitrogens is 4. The van der Waals surface area contributed by atoms with Crippen molar-refractivity contribution in [2.24, 2.45) is 0 Å². The largest absolute Gasteiger partial charge is 0.444 e. The number of imidazole rings is 2. The third kappa shape index (κ3) is 6.46. The van der Waals surface area contributed by atoms with Crippen LogP contribution < -0.4 is 5.32 Å². The Kier molecular flexibility index (Phi) is 8.23. The lowest BCUT2D eigenvalue weighted by Gasteiger charge is -2.28. The van der Waals surface area contributed by atoms with Crippen molar-refractivity contribution in [1.82, 2.24) is 34.6 Å². The van der Waals surface area contributed by atoms with Gasteiger partial charge in [0.1, 0.15) is 17.2 Å². The fraction of sp³-hybridized carbons (Fsp3) is 0.381. The van der Waals surface area contributed by atoms with Crippen LogP contribution >= 0.6 is 0 Å². The number of hydrogen-bond acceptors (Lipinski definition) is 5. The van der Waals surface area contributed by atoms with Crippen LogP contribution in [-0.4, -0.2) is 65.7 Å². The van der Waals surface area contributed by atoms with Crippen molar-refractivity contribution in [2.45, 2.75) is 90.4 Å². The smallest absolute Gasteiger partial charge is 0.410 e. The molecular formula is C42H47N7O3. The number of likely N-dealkylation sites (tertiary alicyclic amines) is 2. The van der Waals surface area contributed by atoms with Gasteiger partial charge >= 0.3 is 12.1 Å². The lowest BCUT2D eigenvalue weighted by Crippen LogP contribution is -2.48. The standard InChI is InChI=1S/C42H47N7O3/c1-41(2,3)46-39(50)47-21-9-13-34(47)37-43-31-19-16-28(24-33(31)44-37)29-17-20-32-36(25-29)49(30-18-15-26-11-7-8-12-27(26)23-30)38(45-32)35-14-10-22-48(35)40(51)52-42(4,5)6/h7-8,11-12,15-20,23-25,34-35H,9-10,13-14,21-22H2,1-6H3,(H,43,44)(H,46,50). The number of fused-ring (bicyclic) bond motifs is 3. The molecule has 0 spiro atoms. The number of ether oxygens (including phenoxy) is 1. The van der Waals surface area contributed by atoms with Gasteiger partial charge in [0, 0.05) is 24.3 Å². The third-order valence-electron chi connectivity index (χ3n) is 10.00. The highest BCUT2D eigenvalue weighted by Crippen LogP contribution is 2.38. The number of nitrogens with zero attached hydrogens (tertiary/aromatic N) is 5. The van der Waals surface area contributed by atoms with Crippen LogP contribution in [0.4, 0.5) is 9.59 Å². The summed E-state index contributed by atoms with van der Waals surface area (Å²) < 4.78 is 8.08. The van der Waals surface area contributed by atoms with Crippen LogP contribution in [0.1, 0.15) is 91.0 Å². The topological polar surface area (TPSA) is 108 Å². The number of aromatic amines is 1. The van der Waals surface area contributed by atoms with Crippen LogP contribution in [0.15, 0.2) is 78.9 Å². The van der Waals surface area contributed by atoms with Crippen molar-refractivity contribution in [3.63, 3.8) is 0 Å². The number of urea groups is 1. The SMILES string of the molecule is CC(C)(C)NC(=O)N1CCCC1c1nc2ccc(-c3ccc4nc(C5CCCN5C(=O)OC(C)(C)C)n(-c5ccc6ccccc6c5)c4c3)cc2[nH]1. The van der Waals surface area contributed by atoms with E-state index in [0.29, 0.717) is 13.1 Å². The van der Waals surface area contributed by atoms with E-state index in [1.165, 1.54) is 0 Å². The minimum absolute atomic E-state index is 0.0568. The van der Waals surface area contributed by atoms with Crippen molar-refractivity contribution in [2.75, 3.05) is 13.1 Å². The second-order valence-corrected chi connectivity index (χ2v) is 16.3. The van der Waals surface area contributed by atoms with E-state index in [9.17, 15) is 9.59 Å². The van der Waals surface area contributed by atoms with Gasteiger partial charge in [0.05, 0.1) is 34.2 Å². The predicted molar refractivity (Wildman–Crippen MR) is 206 cm³/mol. The van der Waals surface area contributed by atoms with Gasteiger partial charge in [-0.2, -0.15) is 0 Å². The number of carbonyl (C=O) groups excluding carboxylic acids is 2. The van der Waals surface area contributed by atoms with Crippen LogP contribution in [0.25, 0.3) is 49.7 Å². The first-order valence-electron chi connectivity index (χ1n) is 18.4. The Labute approximate surface area is 304 Å². The van der Waals surface area contributed by atoms with Gasteiger partial charge in [-0.15, -0.1) is 0 Å². The predicted octanol–water partition coefficient (Wildman–Crippen LogP) is 9.44. The Morgan fingerprint density at radius 2 is 1.46 bits per heavy atom. The average Bonchev–Trinajstić information content (AvgIpc) is 3.90. The van der Waals surface area contributed by atoms with Gasteiger partial charge in [0.25, 0.3) is 0 Å². The molecule has 10 nitrogen and oxygen atoms in total. The lowest BCUT2D eigenvalue weighted by atomic mass is 10.0. The van der Waals surface area contributed by atoms with Crippen LogP contribution in [0.5, 0.6) is 0 Å². The molecule has 2 unspecified atom stereocenters. The molecule has 268 valence electrons. The molecule has 6 aromatic rings. The molecule has 4 aromatic carbocycles. The Hall–Kier alpha value is -5.38. The first kappa shape index (κ1) is 33.7. The zero-order valence-electron chi connectivity index (χ0n) is 30.9. The summed E-state index contributed by atoms with van der Waals surface area (Å²) >= 11 is 0. The molecule has 2 aliphatic heterocycles. The van der Waals surface area contributed by atoms with E-state index >= 15 is 0 Å². The summed E-state index contributed by atoms with van der Waals surface area (Å²) in [5.74, 6) is 1.64. The quantitative estimate of drug-likeness (QED) is 0.191. The molecule has 0 aliphatic carbocycles. The lowest BCUT2D eigenvalue weighted by molar-refractivity contribution is 0.0217. The molecule has 8 rings (SSSR count). The Morgan fingerprint density at radius 3 is 2.21 bits per heavy atom. The molecule has 2 aromatic heterocycles. The number of carbonyl (C=O) groups is 2. The normalized spacial score (nSPS) is 18.2. The van der Waals surface area contributed by atoms with Crippen LogP contribution in [0, 0.1) is 0 Å². The van der Waals surface area contributed by atoms with Gasteiger partial charge < -0.3 is 19.9 Å². The molecule has 52 heavy (non-hydrogen) atoms.